The minimum Gasteiger partial charge on any atom is -0.416 e. The van der Waals surface area contributed by atoms with E-state index in [-0.39, 0.29) is 17.7 Å². The third-order valence-corrected chi connectivity index (χ3v) is 6.25. The van der Waals surface area contributed by atoms with E-state index >= 15 is 0 Å². The summed E-state index contributed by atoms with van der Waals surface area (Å²) in [5.74, 6) is 1.18. The monoisotopic (exact) mass is 467 g/mol. The molecule has 1 N–H and O–H groups in total. The Bertz CT molecular complexity index is 1330. The van der Waals surface area contributed by atoms with Gasteiger partial charge < -0.3 is 14.6 Å². The van der Waals surface area contributed by atoms with Gasteiger partial charge in [0, 0.05) is 41.9 Å². The number of piperidine rings is 1. The molecule has 35 heavy (non-hydrogen) atoms. The third-order valence-electron chi connectivity index (χ3n) is 6.25. The Labute approximate surface area is 203 Å². The molecule has 176 valence electrons. The molecule has 0 spiro atoms. The van der Waals surface area contributed by atoms with E-state index in [0.29, 0.717) is 49.1 Å². The van der Waals surface area contributed by atoms with Crippen molar-refractivity contribution in [1.82, 2.24) is 20.1 Å². The highest BCUT2D eigenvalue weighted by Crippen LogP contribution is 2.27. The second kappa shape index (κ2) is 9.89. The maximum atomic E-state index is 13.0. The van der Waals surface area contributed by atoms with Gasteiger partial charge in [0.1, 0.15) is 5.82 Å². The summed E-state index contributed by atoms with van der Waals surface area (Å²) in [6, 6.07) is 20.4. The van der Waals surface area contributed by atoms with Gasteiger partial charge in [-0.2, -0.15) is 0 Å². The zero-order chi connectivity index (χ0) is 24.2. The number of amides is 2. The van der Waals surface area contributed by atoms with E-state index in [0.717, 1.165) is 16.7 Å². The van der Waals surface area contributed by atoms with E-state index < -0.39 is 0 Å². The second-order valence-corrected chi connectivity index (χ2v) is 8.58. The van der Waals surface area contributed by atoms with E-state index in [9.17, 15) is 9.59 Å². The Balaban J connectivity index is 1.19. The van der Waals surface area contributed by atoms with Gasteiger partial charge in [-0.1, -0.05) is 24.3 Å². The zero-order valence-corrected chi connectivity index (χ0v) is 19.3. The Morgan fingerprint density at radius 1 is 0.914 bits per heavy atom. The molecule has 0 aliphatic carbocycles. The van der Waals surface area contributed by atoms with Gasteiger partial charge >= 0.3 is 0 Å². The molecular formula is C27H25N5O3. The first-order valence-electron chi connectivity index (χ1n) is 11.6. The van der Waals surface area contributed by atoms with E-state index in [1.165, 1.54) is 0 Å². The molecule has 4 aromatic rings. The summed E-state index contributed by atoms with van der Waals surface area (Å²) < 4.78 is 5.87. The molecule has 5 rings (SSSR count). The summed E-state index contributed by atoms with van der Waals surface area (Å²) >= 11 is 0. The van der Waals surface area contributed by atoms with Crippen LogP contribution in [-0.2, 0) is 4.79 Å². The molecule has 3 heterocycles. The number of aromatic nitrogens is 3. The Morgan fingerprint density at radius 2 is 1.63 bits per heavy atom. The number of pyridine rings is 1. The van der Waals surface area contributed by atoms with E-state index in [1.54, 1.807) is 35.4 Å². The molecule has 1 aliphatic rings. The molecule has 0 atom stereocenters. The molecule has 2 aromatic heterocycles. The van der Waals surface area contributed by atoms with Crippen molar-refractivity contribution in [3.8, 4) is 22.9 Å². The smallest absolute Gasteiger partial charge is 0.253 e. The molecule has 2 aromatic carbocycles. The van der Waals surface area contributed by atoms with Gasteiger partial charge in [0.25, 0.3) is 5.91 Å². The van der Waals surface area contributed by atoms with Crippen molar-refractivity contribution < 1.29 is 14.0 Å². The maximum absolute atomic E-state index is 13.0. The average molecular weight is 468 g/mol. The standard InChI is InChI=1S/C27H25N5O3/c1-18-6-2-3-7-22(18)26-31-30-25(35-26)20-9-11-21(12-10-20)27(34)32-16-13-19(14-17-32)24(33)29-23-8-4-5-15-28-23/h2-12,15,19H,13-14,16-17H2,1H3,(H,28,29,33). The lowest BCUT2D eigenvalue weighted by Gasteiger charge is -2.31. The summed E-state index contributed by atoms with van der Waals surface area (Å²) in [4.78, 5) is 31.5. The molecule has 0 unspecified atom stereocenters. The number of rotatable bonds is 5. The number of hydrogen-bond donors (Lipinski definition) is 1. The molecule has 8 heteroatoms. The molecule has 0 saturated carbocycles. The Kier molecular flexibility index (Phi) is 6.34. The largest absolute Gasteiger partial charge is 0.416 e. The number of benzene rings is 2. The highest BCUT2D eigenvalue weighted by molar-refractivity contribution is 5.95. The van der Waals surface area contributed by atoms with Crippen molar-refractivity contribution >= 4 is 17.6 Å². The van der Waals surface area contributed by atoms with Crippen LogP contribution in [0, 0.1) is 12.8 Å². The first-order valence-corrected chi connectivity index (χ1v) is 11.6. The predicted octanol–water partition coefficient (Wildman–Crippen LogP) is 4.60. The highest BCUT2D eigenvalue weighted by Gasteiger charge is 2.28. The summed E-state index contributed by atoms with van der Waals surface area (Å²) in [7, 11) is 0. The predicted molar refractivity (Wildman–Crippen MR) is 131 cm³/mol. The van der Waals surface area contributed by atoms with Crippen molar-refractivity contribution in [1.29, 1.82) is 0 Å². The van der Waals surface area contributed by atoms with Crippen LogP contribution in [0.3, 0.4) is 0 Å². The van der Waals surface area contributed by atoms with Gasteiger partial charge in [-0.15, -0.1) is 10.2 Å². The van der Waals surface area contributed by atoms with Gasteiger partial charge in [-0.05, 0) is 67.8 Å². The number of nitrogens with one attached hydrogen (secondary N) is 1. The zero-order valence-electron chi connectivity index (χ0n) is 19.3. The van der Waals surface area contributed by atoms with Crippen LogP contribution in [0.1, 0.15) is 28.8 Å². The van der Waals surface area contributed by atoms with Crippen LogP contribution in [0.4, 0.5) is 5.82 Å². The quantitative estimate of drug-likeness (QED) is 0.460. The minimum absolute atomic E-state index is 0.0498. The maximum Gasteiger partial charge on any atom is 0.253 e. The highest BCUT2D eigenvalue weighted by atomic mass is 16.4. The van der Waals surface area contributed by atoms with Crippen LogP contribution in [0.2, 0.25) is 0 Å². The molecule has 0 radical (unpaired) electrons. The van der Waals surface area contributed by atoms with Crippen LogP contribution in [0.25, 0.3) is 22.9 Å². The van der Waals surface area contributed by atoms with Crippen LogP contribution in [-0.4, -0.2) is 45.0 Å². The lowest BCUT2D eigenvalue weighted by Crippen LogP contribution is -2.41. The topological polar surface area (TPSA) is 101 Å². The van der Waals surface area contributed by atoms with Crippen LogP contribution < -0.4 is 5.32 Å². The number of hydrogen-bond acceptors (Lipinski definition) is 6. The number of likely N-dealkylation sites (tertiary alicyclic amines) is 1. The molecule has 1 aliphatic heterocycles. The van der Waals surface area contributed by atoms with Crippen molar-refractivity contribution in [3.05, 3.63) is 84.1 Å². The van der Waals surface area contributed by atoms with Crippen LogP contribution in [0.5, 0.6) is 0 Å². The Hall–Kier alpha value is -4.33. The first-order chi connectivity index (χ1) is 17.1. The van der Waals surface area contributed by atoms with Gasteiger partial charge in [0.15, 0.2) is 0 Å². The summed E-state index contributed by atoms with van der Waals surface area (Å²) in [6.07, 6.45) is 2.88. The minimum atomic E-state index is -0.136. The number of anilines is 1. The number of carbonyl (C=O) groups excluding carboxylic acids is 2. The third kappa shape index (κ3) is 4.96. The van der Waals surface area contributed by atoms with Crippen molar-refractivity contribution in [3.63, 3.8) is 0 Å². The molecule has 0 bridgehead atoms. The van der Waals surface area contributed by atoms with Crippen molar-refractivity contribution in [2.45, 2.75) is 19.8 Å². The normalized spacial score (nSPS) is 14.0. The average Bonchev–Trinajstić information content (AvgIpc) is 3.39. The summed E-state index contributed by atoms with van der Waals surface area (Å²) in [6.45, 7) is 3.06. The van der Waals surface area contributed by atoms with Gasteiger partial charge in [0.05, 0.1) is 0 Å². The fourth-order valence-corrected chi connectivity index (χ4v) is 4.21. The molecule has 1 saturated heterocycles. The lowest BCUT2D eigenvalue weighted by atomic mass is 9.95. The van der Waals surface area contributed by atoms with E-state index in [2.05, 4.69) is 20.5 Å². The van der Waals surface area contributed by atoms with Crippen molar-refractivity contribution in [2.75, 3.05) is 18.4 Å². The SMILES string of the molecule is Cc1ccccc1-c1nnc(-c2ccc(C(=O)N3CCC(C(=O)Nc4ccccn4)CC3)cc2)o1. The van der Waals surface area contributed by atoms with Crippen LogP contribution in [0.15, 0.2) is 77.3 Å². The number of carbonyl (C=O) groups is 2. The van der Waals surface area contributed by atoms with E-state index in [1.807, 2.05) is 49.4 Å². The van der Waals surface area contributed by atoms with Crippen LogP contribution >= 0.6 is 0 Å². The first kappa shape index (κ1) is 22.5. The second-order valence-electron chi connectivity index (χ2n) is 8.58. The molecule has 8 nitrogen and oxygen atoms in total. The number of nitrogens with zero attached hydrogens (tertiary/aromatic N) is 4. The fraction of sp³-hybridized carbons (Fsp3) is 0.222. The lowest BCUT2D eigenvalue weighted by molar-refractivity contribution is -0.121. The molecule has 2 amide bonds. The summed E-state index contributed by atoms with van der Waals surface area (Å²) in [5, 5.41) is 11.2. The Morgan fingerprint density at radius 3 is 2.34 bits per heavy atom. The van der Waals surface area contributed by atoms with Gasteiger partial charge in [-0.3, -0.25) is 9.59 Å². The summed E-state index contributed by atoms with van der Waals surface area (Å²) in [5.41, 5.74) is 3.29. The van der Waals surface area contributed by atoms with Gasteiger partial charge in [0.2, 0.25) is 17.7 Å². The number of aryl methyl sites for hydroxylation is 1. The van der Waals surface area contributed by atoms with E-state index in [4.69, 9.17) is 4.42 Å². The van der Waals surface area contributed by atoms with Crippen molar-refractivity contribution in [2.24, 2.45) is 5.92 Å². The van der Waals surface area contributed by atoms with Gasteiger partial charge in [-0.25, -0.2) is 4.98 Å². The molecular weight excluding hydrogens is 442 g/mol. The molecule has 1 fully saturated rings. The fourth-order valence-electron chi connectivity index (χ4n) is 4.21.